The van der Waals surface area contributed by atoms with Crippen molar-refractivity contribution in [1.82, 2.24) is 10.1 Å². The molecule has 4 rings (SSSR count). The number of benzene rings is 1. The molecule has 0 amide bonds. The highest BCUT2D eigenvalue weighted by Crippen LogP contribution is 2.55. The van der Waals surface area contributed by atoms with Crippen LogP contribution in [-0.4, -0.2) is 10.1 Å². The van der Waals surface area contributed by atoms with Crippen molar-refractivity contribution in [2.24, 2.45) is 5.73 Å². The molecule has 0 spiro atoms. The van der Waals surface area contributed by atoms with E-state index in [0.29, 0.717) is 23.7 Å². The first-order valence-electron chi connectivity index (χ1n) is 7.15. The Hall–Kier alpha value is -1.53. The van der Waals surface area contributed by atoms with Gasteiger partial charge in [0.1, 0.15) is 0 Å². The minimum absolute atomic E-state index is 0. The second-order valence-electron chi connectivity index (χ2n) is 6.06. The smallest absolute Gasteiger partial charge is 0.230 e. The molecule has 2 aromatic rings. The van der Waals surface area contributed by atoms with E-state index in [4.69, 9.17) is 10.3 Å². The molecule has 2 aliphatic carbocycles. The highest BCUT2D eigenvalue weighted by atomic mass is 35.5. The summed E-state index contributed by atoms with van der Waals surface area (Å²) >= 11 is 0. The number of hydrogen-bond donors (Lipinski definition) is 1. The summed E-state index contributed by atoms with van der Waals surface area (Å²) in [6.07, 6.45) is 3.48. The highest BCUT2D eigenvalue weighted by Gasteiger charge is 2.47. The van der Waals surface area contributed by atoms with Crippen LogP contribution in [0, 0.1) is 11.6 Å². The third kappa shape index (κ3) is 2.30. The van der Waals surface area contributed by atoms with Crippen LogP contribution in [0.3, 0.4) is 0 Å². The fourth-order valence-electron chi connectivity index (χ4n) is 2.99. The van der Waals surface area contributed by atoms with E-state index in [1.54, 1.807) is 6.07 Å². The molecule has 2 unspecified atom stereocenters. The van der Waals surface area contributed by atoms with Crippen LogP contribution in [-0.2, 0) is 5.54 Å². The van der Waals surface area contributed by atoms with Gasteiger partial charge in [0.15, 0.2) is 17.5 Å². The van der Waals surface area contributed by atoms with Gasteiger partial charge in [0, 0.05) is 5.92 Å². The van der Waals surface area contributed by atoms with Gasteiger partial charge in [-0.1, -0.05) is 17.3 Å². The molecule has 2 N–H and O–H groups in total. The lowest BCUT2D eigenvalue weighted by Crippen LogP contribution is -2.44. The predicted octanol–water partition coefficient (Wildman–Crippen LogP) is 3.38. The predicted molar refractivity (Wildman–Crippen MR) is 77.7 cm³/mol. The summed E-state index contributed by atoms with van der Waals surface area (Å²) in [7, 11) is 0. The number of nitrogens with two attached hydrogens (primary N) is 1. The van der Waals surface area contributed by atoms with Crippen molar-refractivity contribution in [1.29, 1.82) is 0 Å². The fraction of sp³-hybridized carbons (Fsp3) is 0.467. The average molecular weight is 328 g/mol. The topological polar surface area (TPSA) is 64.9 Å². The number of rotatable bonds is 3. The van der Waals surface area contributed by atoms with Crippen molar-refractivity contribution in [2.75, 3.05) is 0 Å². The normalized spacial score (nSPS) is 25.2. The van der Waals surface area contributed by atoms with Crippen molar-refractivity contribution in [3.05, 3.63) is 47.1 Å². The van der Waals surface area contributed by atoms with E-state index in [9.17, 15) is 8.78 Å². The monoisotopic (exact) mass is 327 g/mol. The van der Waals surface area contributed by atoms with Gasteiger partial charge in [-0.15, -0.1) is 12.4 Å². The van der Waals surface area contributed by atoms with Gasteiger partial charge in [0.25, 0.3) is 0 Å². The minimum atomic E-state index is -0.820. The zero-order valence-corrected chi connectivity index (χ0v) is 12.6. The Kier molecular flexibility index (Phi) is 3.69. The van der Waals surface area contributed by atoms with Gasteiger partial charge >= 0.3 is 0 Å². The zero-order chi connectivity index (χ0) is 14.6. The van der Waals surface area contributed by atoms with Crippen molar-refractivity contribution in [2.45, 2.75) is 43.1 Å². The Morgan fingerprint density at radius 3 is 2.68 bits per heavy atom. The number of nitrogens with zero attached hydrogens (tertiary/aromatic N) is 2. The molecule has 1 aromatic carbocycles. The van der Waals surface area contributed by atoms with Gasteiger partial charge in [-0.3, -0.25) is 0 Å². The van der Waals surface area contributed by atoms with Crippen LogP contribution in [0.25, 0.3) is 0 Å². The first-order valence-corrected chi connectivity index (χ1v) is 7.15. The lowest BCUT2D eigenvalue weighted by molar-refractivity contribution is 0.229. The molecule has 1 heterocycles. The maximum absolute atomic E-state index is 13.8. The van der Waals surface area contributed by atoms with Crippen molar-refractivity contribution < 1.29 is 13.3 Å². The van der Waals surface area contributed by atoms with Crippen LogP contribution in [0.1, 0.15) is 54.8 Å². The van der Waals surface area contributed by atoms with E-state index in [-0.39, 0.29) is 24.2 Å². The van der Waals surface area contributed by atoms with Gasteiger partial charge in [0.2, 0.25) is 5.89 Å². The second kappa shape index (κ2) is 5.28. The summed E-state index contributed by atoms with van der Waals surface area (Å²) in [5, 5.41) is 3.96. The molecular weight excluding hydrogens is 312 g/mol. The molecule has 118 valence electrons. The standard InChI is InChI=1S/C15H15F2N3O.ClH/c16-11-4-1-3-8(12(11)17)9-7-10(9)13-19-14(20-21-13)15(18)5-2-6-15;/h1,3-4,9-10H,2,5-7,18H2;1H. The molecule has 22 heavy (non-hydrogen) atoms. The molecule has 2 fully saturated rings. The van der Waals surface area contributed by atoms with Crippen LogP contribution in [0.15, 0.2) is 22.7 Å². The molecule has 2 saturated carbocycles. The summed E-state index contributed by atoms with van der Waals surface area (Å²) < 4.78 is 32.3. The van der Waals surface area contributed by atoms with Gasteiger partial charge < -0.3 is 10.3 Å². The van der Waals surface area contributed by atoms with Crippen LogP contribution >= 0.6 is 12.4 Å². The highest BCUT2D eigenvalue weighted by molar-refractivity contribution is 5.85. The summed E-state index contributed by atoms with van der Waals surface area (Å²) in [6, 6.07) is 4.25. The minimum Gasteiger partial charge on any atom is -0.339 e. The molecule has 2 aliphatic rings. The van der Waals surface area contributed by atoms with Gasteiger partial charge in [-0.05, 0) is 43.2 Å². The molecule has 4 nitrogen and oxygen atoms in total. The average Bonchev–Trinajstić information content (AvgIpc) is 3.07. The van der Waals surface area contributed by atoms with E-state index < -0.39 is 17.2 Å². The fourth-order valence-corrected chi connectivity index (χ4v) is 2.99. The Morgan fingerprint density at radius 1 is 1.23 bits per heavy atom. The Balaban J connectivity index is 0.00000144. The third-order valence-electron chi connectivity index (χ3n) is 4.62. The Labute approximate surface area is 132 Å². The molecule has 1 aromatic heterocycles. The van der Waals surface area contributed by atoms with Gasteiger partial charge in [0.05, 0.1) is 5.54 Å². The summed E-state index contributed by atoms with van der Waals surface area (Å²) in [6.45, 7) is 0. The lowest BCUT2D eigenvalue weighted by atomic mass is 9.77. The SMILES string of the molecule is Cl.NC1(c2noc(C3CC3c3cccc(F)c3F)n2)CCC1. The number of hydrogen-bond acceptors (Lipinski definition) is 4. The number of halogens is 3. The molecule has 0 aliphatic heterocycles. The zero-order valence-electron chi connectivity index (χ0n) is 11.8. The Morgan fingerprint density at radius 2 is 2.00 bits per heavy atom. The largest absolute Gasteiger partial charge is 0.339 e. The molecule has 0 radical (unpaired) electrons. The first kappa shape index (κ1) is 15.4. The van der Waals surface area contributed by atoms with Gasteiger partial charge in [-0.2, -0.15) is 4.98 Å². The van der Waals surface area contributed by atoms with E-state index in [0.717, 1.165) is 25.3 Å². The van der Waals surface area contributed by atoms with Crippen LogP contribution in [0.2, 0.25) is 0 Å². The molecule has 0 bridgehead atoms. The molecule has 2 atom stereocenters. The summed E-state index contributed by atoms with van der Waals surface area (Å²) in [5.74, 6) is -0.710. The van der Waals surface area contributed by atoms with Gasteiger partial charge in [-0.25, -0.2) is 8.78 Å². The number of aromatic nitrogens is 2. The van der Waals surface area contributed by atoms with Crippen molar-refractivity contribution in [3.63, 3.8) is 0 Å². The van der Waals surface area contributed by atoms with Crippen molar-refractivity contribution >= 4 is 12.4 Å². The van der Waals surface area contributed by atoms with Crippen molar-refractivity contribution in [3.8, 4) is 0 Å². The maximum Gasteiger partial charge on any atom is 0.230 e. The quantitative estimate of drug-likeness (QED) is 0.938. The van der Waals surface area contributed by atoms with Crippen LogP contribution in [0.4, 0.5) is 8.78 Å². The Bertz CT molecular complexity index is 702. The van der Waals surface area contributed by atoms with E-state index >= 15 is 0 Å². The van der Waals surface area contributed by atoms with Crippen LogP contribution < -0.4 is 5.73 Å². The van der Waals surface area contributed by atoms with E-state index in [2.05, 4.69) is 10.1 Å². The summed E-state index contributed by atoms with van der Waals surface area (Å²) in [4.78, 5) is 4.37. The third-order valence-corrected chi connectivity index (χ3v) is 4.62. The maximum atomic E-state index is 13.8. The van der Waals surface area contributed by atoms with E-state index in [1.165, 1.54) is 6.07 Å². The second-order valence-corrected chi connectivity index (χ2v) is 6.06. The van der Waals surface area contributed by atoms with E-state index in [1.807, 2.05) is 0 Å². The lowest BCUT2D eigenvalue weighted by Gasteiger charge is -2.34. The molecule has 0 saturated heterocycles. The molecule has 7 heteroatoms. The van der Waals surface area contributed by atoms with Crippen LogP contribution in [0.5, 0.6) is 0 Å². The first-order chi connectivity index (χ1) is 10.1. The molecular formula is C15H16ClF2N3O. The summed E-state index contributed by atoms with van der Waals surface area (Å²) in [5.41, 5.74) is 6.07.